The number of halogens is 1. The summed E-state index contributed by atoms with van der Waals surface area (Å²) in [6, 6.07) is 18.8. The number of furan rings is 1. The lowest BCUT2D eigenvalue weighted by molar-refractivity contribution is -0.139. The van der Waals surface area contributed by atoms with Crippen molar-refractivity contribution >= 4 is 39.3 Å². The number of ether oxygens (including phenoxy) is 1. The van der Waals surface area contributed by atoms with Crippen molar-refractivity contribution in [3.63, 3.8) is 0 Å². The fourth-order valence-electron chi connectivity index (χ4n) is 4.46. The average Bonchev–Trinajstić information content (AvgIpc) is 3.49. The maximum absolute atomic E-state index is 13.8. The molecule has 0 saturated heterocycles. The normalized spacial score (nSPS) is 15.5. The molecule has 0 N–H and O–H groups in total. The molecule has 0 fully saturated rings. The van der Waals surface area contributed by atoms with E-state index in [1.54, 1.807) is 18.4 Å². The minimum Gasteiger partial charge on any atom is -0.463 e. The molecule has 1 atom stereocenters. The Kier molecular flexibility index (Phi) is 7.36. The molecule has 4 aromatic rings. The SMILES string of the molecule is CCOC(=O)C1=C(C)N=c2s/c(=C\c3ccc(C(C)C)cc3)c(=O)n2[C@@H]1c1ccc(-c2ccc(Br)cc2)o1. The van der Waals surface area contributed by atoms with Crippen molar-refractivity contribution < 1.29 is 13.9 Å². The molecule has 8 heteroatoms. The monoisotopic (exact) mass is 590 g/mol. The third-order valence-electron chi connectivity index (χ3n) is 6.44. The topological polar surface area (TPSA) is 73.8 Å². The van der Waals surface area contributed by atoms with Gasteiger partial charge in [0.15, 0.2) is 4.80 Å². The number of aromatic nitrogens is 1. The molecule has 0 saturated carbocycles. The zero-order valence-electron chi connectivity index (χ0n) is 21.5. The Labute approximate surface area is 232 Å². The molecule has 0 amide bonds. The summed E-state index contributed by atoms with van der Waals surface area (Å²) in [4.78, 5) is 32.0. The molecule has 5 rings (SSSR count). The van der Waals surface area contributed by atoms with Crippen LogP contribution in [0.5, 0.6) is 0 Å². The first-order valence-electron chi connectivity index (χ1n) is 12.4. The van der Waals surface area contributed by atoms with Crippen molar-refractivity contribution in [1.82, 2.24) is 4.57 Å². The van der Waals surface area contributed by atoms with E-state index < -0.39 is 12.0 Å². The second kappa shape index (κ2) is 10.7. The van der Waals surface area contributed by atoms with Crippen LogP contribution in [0.3, 0.4) is 0 Å². The number of nitrogens with zero attached hydrogens (tertiary/aromatic N) is 2. The molecule has 0 unspecified atom stereocenters. The molecule has 6 nitrogen and oxygen atoms in total. The number of hydrogen-bond donors (Lipinski definition) is 0. The number of benzene rings is 2. The number of carbonyl (C=O) groups excluding carboxylic acids is 1. The summed E-state index contributed by atoms with van der Waals surface area (Å²) in [5.74, 6) is 1.01. The molecule has 3 heterocycles. The summed E-state index contributed by atoms with van der Waals surface area (Å²) in [5.41, 5.74) is 3.61. The molecule has 1 aliphatic heterocycles. The van der Waals surface area contributed by atoms with E-state index in [0.717, 1.165) is 15.6 Å². The molecule has 2 aromatic heterocycles. The van der Waals surface area contributed by atoms with Gasteiger partial charge in [-0.25, -0.2) is 9.79 Å². The van der Waals surface area contributed by atoms with Gasteiger partial charge < -0.3 is 9.15 Å². The molecule has 0 radical (unpaired) electrons. The van der Waals surface area contributed by atoms with Gasteiger partial charge >= 0.3 is 5.97 Å². The van der Waals surface area contributed by atoms with Crippen LogP contribution in [0.15, 0.2) is 90.6 Å². The summed E-state index contributed by atoms with van der Waals surface area (Å²) in [6.07, 6.45) is 1.86. The zero-order valence-corrected chi connectivity index (χ0v) is 23.9. The van der Waals surface area contributed by atoms with Crippen molar-refractivity contribution in [1.29, 1.82) is 0 Å². The highest BCUT2D eigenvalue weighted by Gasteiger charge is 2.35. The summed E-state index contributed by atoms with van der Waals surface area (Å²) < 4.78 is 14.7. The molecule has 0 bridgehead atoms. The lowest BCUT2D eigenvalue weighted by Gasteiger charge is -2.22. The Bertz CT molecular complexity index is 1710. The fraction of sp³-hybridized carbons (Fsp3) is 0.233. The van der Waals surface area contributed by atoms with Gasteiger partial charge in [0, 0.05) is 10.0 Å². The highest BCUT2D eigenvalue weighted by atomic mass is 79.9. The smallest absolute Gasteiger partial charge is 0.338 e. The van der Waals surface area contributed by atoms with Crippen LogP contribution in [-0.2, 0) is 9.53 Å². The molecular weight excluding hydrogens is 564 g/mol. The van der Waals surface area contributed by atoms with Crippen molar-refractivity contribution in [2.45, 2.75) is 39.7 Å². The van der Waals surface area contributed by atoms with Crippen LogP contribution < -0.4 is 14.9 Å². The number of allylic oxidation sites excluding steroid dienone is 1. The maximum atomic E-state index is 13.8. The van der Waals surface area contributed by atoms with E-state index in [-0.39, 0.29) is 12.2 Å². The minimum atomic E-state index is -0.792. The van der Waals surface area contributed by atoms with Crippen LogP contribution in [0.25, 0.3) is 17.4 Å². The standard InChI is InChI=1S/C30H27BrN2O4S/c1-5-36-29(35)26-18(4)32-30-33(27(26)24-15-14-23(37-24)21-10-12-22(31)13-11-21)28(34)25(38-30)16-19-6-8-20(9-7-19)17(2)3/h6-17,27H,5H2,1-4H3/b25-16-/t27-/m1/s1. The van der Waals surface area contributed by atoms with Gasteiger partial charge in [0.1, 0.15) is 17.6 Å². The number of rotatable bonds is 6. The van der Waals surface area contributed by atoms with Gasteiger partial charge in [-0.3, -0.25) is 9.36 Å². The third-order valence-corrected chi connectivity index (χ3v) is 7.95. The summed E-state index contributed by atoms with van der Waals surface area (Å²) >= 11 is 4.75. The van der Waals surface area contributed by atoms with Crippen LogP contribution >= 0.6 is 27.3 Å². The second-order valence-electron chi connectivity index (χ2n) is 9.33. The first-order chi connectivity index (χ1) is 18.3. The molecule has 2 aromatic carbocycles. The van der Waals surface area contributed by atoms with Crippen LogP contribution in [-0.4, -0.2) is 17.1 Å². The van der Waals surface area contributed by atoms with E-state index in [1.165, 1.54) is 16.9 Å². The van der Waals surface area contributed by atoms with Gasteiger partial charge in [-0.2, -0.15) is 0 Å². The Balaban J connectivity index is 1.65. The van der Waals surface area contributed by atoms with Crippen molar-refractivity contribution in [2.24, 2.45) is 4.99 Å². The number of thiazole rings is 1. The maximum Gasteiger partial charge on any atom is 0.338 e. The Morgan fingerprint density at radius 2 is 1.84 bits per heavy atom. The first-order valence-corrected chi connectivity index (χ1v) is 14.0. The largest absolute Gasteiger partial charge is 0.463 e. The van der Waals surface area contributed by atoms with Gasteiger partial charge in [-0.05, 0) is 61.2 Å². The van der Waals surface area contributed by atoms with Gasteiger partial charge in [0.25, 0.3) is 5.56 Å². The van der Waals surface area contributed by atoms with Crippen LogP contribution in [0, 0.1) is 0 Å². The molecule has 0 aliphatic carbocycles. The van der Waals surface area contributed by atoms with Crippen LogP contribution in [0.2, 0.25) is 0 Å². The molecule has 194 valence electrons. The quantitative estimate of drug-likeness (QED) is 0.260. The third kappa shape index (κ3) is 4.98. The van der Waals surface area contributed by atoms with Crippen molar-refractivity contribution in [3.8, 4) is 11.3 Å². The fourth-order valence-corrected chi connectivity index (χ4v) is 5.77. The molecular formula is C30H27BrN2O4S. The summed E-state index contributed by atoms with van der Waals surface area (Å²) in [6.45, 7) is 8.02. The lowest BCUT2D eigenvalue weighted by Crippen LogP contribution is -2.39. The summed E-state index contributed by atoms with van der Waals surface area (Å²) in [7, 11) is 0. The average molecular weight is 592 g/mol. The van der Waals surface area contributed by atoms with Gasteiger partial charge in [-0.15, -0.1) is 0 Å². The lowest BCUT2D eigenvalue weighted by atomic mass is 10.0. The predicted octanol–water partition coefficient (Wildman–Crippen LogP) is 5.94. The van der Waals surface area contributed by atoms with Crippen LogP contribution in [0.1, 0.15) is 56.5 Å². The molecule has 38 heavy (non-hydrogen) atoms. The number of fused-ring (bicyclic) bond motifs is 1. The van der Waals surface area contributed by atoms with E-state index in [9.17, 15) is 9.59 Å². The van der Waals surface area contributed by atoms with Gasteiger partial charge in [-0.1, -0.05) is 77.5 Å². The van der Waals surface area contributed by atoms with E-state index in [0.29, 0.717) is 38.0 Å². The Morgan fingerprint density at radius 1 is 1.13 bits per heavy atom. The van der Waals surface area contributed by atoms with Crippen LogP contribution in [0.4, 0.5) is 0 Å². The minimum absolute atomic E-state index is 0.210. The predicted molar refractivity (Wildman–Crippen MR) is 153 cm³/mol. The van der Waals surface area contributed by atoms with E-state index in [2.05, 4.69) is 46.9 Å². The van der Waals surface area contributed by atoms with Gasteiger partial charge in [0.2, 0.25) is 0 Å². The Hall–Kier alpha value is -3.49. The number of esters is 1. The van der Waals surface area contributed by atoms with Gasteiger partial charge in [0.05, 0.1) is 22.4 Å². The first kappa shape index (κ1) is 26.1. The second-order valence-corrected chi connectivity index (χ2v) is 11.3. The van der Waals surface area contributed by atoms with Crippen molar-refractivity contribution in [3.05, 3.63) is 113 Å². The van der Waals surface area contributed by atoms with E-state index in [1.807, 2.05) is 54.6 Å². The number of hydrogen-bond acceptors (Lipinski definition) is 6. The molecule has 0 spiro atoms. The summed E-state index contributed by atoms with van der Waals surface area (Å²) in [5, 5.41) is 0. The van der Waals surface area contributed by atoms with Crippen molar-refractivity contribution in [2.75, 3.05) is 6.61 Å². The van der Waals surface area contributed by atoms with E-state index >= 15 is 0 Å². The van der Waals surface area contributed by atoms with E-state index in [4.69, 9.17) is 9.15 Å². The Morgan fingerprint density at radius 3 is 2.50 bits per heavy atom. The molecule has 1 aliphatic rings. The highest BCUT2D eigenvalue weighted by Crippen LogP contribution is 2.34. The highest BCUT2D eigenvalue weighted by molar-refractivity contribution is 9.10. The number of carbonyl (C=O) groups is 1. The zero-order chi connectivity index (χ0) is 27.0.